The molecule has 150 valence electrons. The van der Waals surface area contributed by atoms with E-state index in [1.807, 2.05) is 54.6 Å². The summed E-state index contributed by atoms with van der Waals surface area (Å²) in [5.41, 5.74) is 3.00. The minimum Gasteiger partial charge on any atom is -0.338 e. The molecule has 2 aromatic carbocycles. The lowest BCUT2D eigenvalue weighted by Gasteiger charge is -2.17. The molecule has 7 nitrogen and oxygen atoms in total. The predicted octanol–water partition coefficient (Wildman–Crippen LogP) is 2.55. The number of benzene rings is 2. The average molecular weight is 411 g/mol. The van der Waals surface area contributed by atoms with Crippen molar-refractivity contribution in [3.63, 3.8) is 0 Å². The highest BCUT2D eigenvalue weighted by Crippen LogP contribution is 2.28. The number of nitrogens with zero attached hydrogens (tertiary/aromatic N) is 3. The highest BCUT2D eigenvalue weighted by molar-refractivity contribution is 7.90. The molecule has 2 heterocycles. The molecule has 3 aromatic rings. The maximum Gasteiger partial charge on any atom is 0.241 e. The largest absolute Gasteiger partial charge is 0.338 e. The number of hydrogen-bond acceptors (Lipinski definition) is 6. The van der Waals surface area contributed by atoms with Crippen molar-refractivity contribution in [3.05, 3.63) is 77.4 Å². The summed E-state index contributed by atoms with van der Waals surface area (Å²) in [5.74, 6) is -0.311. The molecule has 0 atom stereocenters. The van der Waals surface area contributed by atoms with Gasteiger partial charge in [-0.05, 0) is 23.6 Å². The number of para-hydroxylation sites is 1. The number of aromatic nitrogens is 2. The number of carbonyl (C=O) groups excluding carboxylic acids is 1. The number of rotatable bonds is 7. The van der Waals surface area contributed by atoms with Crippen molar-refractivity contribution in [2.75, 3.05) is 17.2 Å². The van der Waals surface area contributed by atoms with E-state index in [0.29, 0.717) is 18.8 Å². The lowest BCUT2D eigenvalue weighted by molar-refractivity contribution is -0.118. The Morgan fingerprint density at radius 2 is 1.83 bits per heavy atom. The Hall–Kier alpha value is -3.00. The van der Waals surface area contributed by atoms with Crippen molar-refractivity contribution in [3.8, 4) is 0 Å². The smallest absolute Gasteiger partial charge is 0.241 e. The molecule has 1 aliphatic rings. The molecule has 8 heteroatoms. The van der Waals surface area contributed by atoms with E-state index in [-0.39, 0.29) is 29.7 Å². The van der Waals surface area contributed by atoms with Crippen LogP contribution in [0.5, 0.6) is 0 Å². The summed E-state index contributed by atoms with van der Waals surface area (Å²) >= 11 is 0. The normalized spacial score (nSPS) is 13.4. The standard InChI is InChI=1S/C21H21N3O4S/c25-21(24-12-10-17-8-4-5-9-18(17)24)11-13-29(26,27)15-20-22-19(23-28-20)14-16-6-2-1-3-7-16/h1-9H,10-15H2. The predicted molar refractivity (Wildman–Crippen MR) is 108 cm³/mol. The Morgan fingerprint density at radius 3 is 2.66 bits per heavy atom. The van der Waals surface area contributed by atoms with Gasteiger partial charge < -0.3 is 9.42 Å². The monoisotopic (exact) mass is 411 g/mol. The number of fused-ring (bicyclic) bond motifs is 1. The lowest BCUT2D eigenvalue weighted by atomic mass is 10.1. The van der Waals surface area contributed by atoms with Gasteiger partial charge in [0.1, 0.15) is 5.75 Å². The van der Waals surface area contributed by atoms with Crippen LogP contribution in [0.1, 0.15) is 29.3 Å². The lowest BCUT2D eigenvalue weighted by Crippen LogP contribution is -2.30. The first-order valence-corrected chi connectivity index (χ1v) is 11.3. The zero-order valence-electron chi connectivity index (χ0n) is 15.8. The molecule has 0 radical (unpaired) electrons. The summed E-state index contributed by atoms with van der Waals surface area (Å²) in [6, 6.07) is 17.3. The van der Waals surface area contributed by atoms with E-state index in [9.17, 15) is 13.2 Å². The SMILES string of the molecule is O=C(CCS(=O)(=O)Cc1nc(Cc2ccccc2)no1)N1CCc2ccccc21. The average Bonchev–Trinajstić information content (AvgIpc) is 3.33. The van der Waals surface area contributed by atoms with Gasteiger partial charge in [-0.1, -0.05) is 53.7 Å². The molecular weight excluding hydrogens is 390 g/mol. The van der Waals surface area contributed by atoms with E-state index in [1.165, 1.54) is 0 Å². The van der Waals surface area contributed by atoms with Crippen LogP contribution in [0.3, 0.4) is 0 Å². The summed E-state index contributed by atoms with van der Waals surface area (Å²) in [7, 11) is -3.54. The Labute approximate surface area is 169 Å². The first kappa shape index (κ1) is 19.3. The van der Waals surface area contributed by atoms with Gasteiger partial charge in [-0.25, -0.2) is 8.42 Å². The Kier molecular flexibility index (Phi) is 5.44. The minimum absolute atomic E-state index is 0.0508. The van der Waals surface area contributed by atoms with Crippen LogP contribution < -0.4 is 4.90 Å². The second-order valence-electron chi connectivity index (χ2n) is 7.03. The Morgan fingerprint density at radius 1 is 1.07 bits per heavy atom. The minimum atomic E-state index is -3.54. The highest BCUT2D eigenvalue weighted by atomic mass is 32.2. The summed E-state index contributed by atoms with van der Waals surface area (Å²) < 4.78 is 30.0. The van der Waals surface area contributed by atoms with E-state index in [4.69, 9.17) is 4.52 Å². The van der Waals surface area contributed by atoms with Crippen molar-refractivity contribution < 1.29 is 17.7 Å². The maximum atomic E-state index is 12.5. The summed E-state index contributed by atoms with van der Waals surface area (Å²) in [6.45, 7) is 0.588. The van der Waals surface area contributed by atoms with E-state index in [0.717, 1.165) is 23.2 Å². The number of anilines is 1. The third-order valence-corrected chi connectivity index (χ3v) is 6.39. The van der Waals surface area contributed by atoms with E-state index >= 15 is 0 Å². The van der Waals surface area contributed by atoms with Gasteiger partial charge in [0.2, 0.25) is 11.8 Å². The first-order chi connectivity index (χ1) is 14.0. The van der Waals surface area contributed by atoms with Crippen molar-refractivity contribution in [1.29, 1.82) is 0 Å². The number of sulfone groups is 1. The van der Waals surface area contributed by atoms with Gasteiger partial charge in [-0.2, -0.15) is 4.98 Å². The van der Waals surface area contributed by atoms with Crippen molar-refractivity contribution >= 4 is 21.4 Å². The molecule has 0 unspecified atom stereocenters. The topological polar surface area (TPSA) is 93.4 Å². The summed E-state index contributed by atoms with van der Waals surface area (Å²) in [4.78, 5) is 18.4. The van der Waals surface area contributed by atoms with Crippen LogP contribution >= 0.6 is 0 Å². The number of carbonyl (C=O) groups is 1. The molecule has 1 aliphatic heterocycles. The van der Waals surface area contributed by atoms with Crippen molar-refractivity contribution in [2.45, 2.75) is 25.0 Å². The van der Waals surface area contributed by atoms with Gasteiger partial charge in [0.25, 0.3) is 0 Å². The molecule has 0 spiro atoms. The molecule has 29 heavy (non-hydrogen) atoms. The zero-order valence-corrected chi connectivity index (χ0v) is 16.6. The van der Waals surface area contributed by atoms with Crippen LogP contribution in [-0.2, 0) is 33.2 Å². The zero-order chi connectivity index (χ0) is 20.3. The number of amides is 1. The van der Waals surface area contributed by atoms with E-state index in [2.05, 4.69) is 10.1 Å². The molecule has 1 amide bonds. The summed E-state index contributed by atoms with van der Waals surface area (Å²) in [5, 5.41) is 3.85. The van der Waals surface area contributed by atoms with Crippen LogP contribution in [0.15, 0.2) is 59.1 Å². The van der Waals surface area contributed by atoms with Crippen LogP contribution in [-0.4, -0.2) is 36.8 Å². The molecule has 0 saturated carbocycles. The van der Waals surface area contributed by atoms with Gasteiger partial charge in [-0.3, -0.25) is 4.79 Å². The van der Waals surface area contributed by atoms with Crippen molar-refractivity contribution in [1.82, 2.24) is 10.1 Å². The second-order valence-corrected chi connectivity index (χ2v) is 9.22. The molecule has 1 aromatic heterocycles. The number of hydrogen-bond donors (Lipinski definition) is 0. The van der Waals surface area contributed by atoms with Crippen LogP contribution in [0.4, 0.5) is 5.69 Å². The molecule has 0 N–H and O–H groups in total. The fourth-order valence-corrected chi connectivity index (χ4v) is 4.56. The van der Waals surface area contributed by atoms with E-state index in [1.54, 1.807) is 4.90 Å². The van der Waals surface area contributed by atoms with Gasteiger partial charge in [-0.15, -0.1) is 0 Å². The quantitative estimate of drug-likeness (QED) is 0.593. The molecule has 0 fully saturated rings. The second kappa shape index (κ2) is 8.16. The van der Waals surface area contributed by atoms with Crippen LogP contribution in [0.25, 0.3) is 0 Å². The van der Waals surface area contributed by atoms with Gasteiger partial charge >= 0.3 is 0 Å². The molecule has 4 rings (SSSR count). The summed E-state index contributed by atoms with van der Waals surface area (Å²) in [6.07, 6.45) is 1.19. The van der Waals surface area contributed by atoms with Gasteiger partial charge in [0.05, 0.1) is 5.75 Å². The molecule has 0 saturated heterocycles. The first-order valence-electron chi connectivity index (χ1n) is 9.44. The Balaban J connectivity index is 1.33. The van der Waals surface area contributed by atoms with Gasteiger partial charge in [0.15, 0.2) is 15.7 Å². The van der Waals surface area contributed by atoms with Crippen LogP contribution in [0.2, 0.25) is 0 Å². The third kappa shape index (κ3) is 4.71. The maximum absolute atomic E-state index is 12.5. The van der Waals surface area contributed by atoms with E-state index < -0.39 is 9.84 Å². The Bertz CT molecular complexity index is 1110. The van der Waals surface area contributed by atoms with Crippen LogP contribution in [0, 0.1) is 0 Å². The molecule has 0 bridgehead atoms. The molecular formula is C21H21N3O4S. The fourth-order valence-electron chi connectivity index (χ4n) is 3.43. The van der Waals surface area contributed by atoms with Gasteiger partial charge in [0, 0.05) is 25.1 Å². The van der Waals surface area contributed by atoms with Crippen molar-refractivity contribution in [2.24, 2.45) is 0 Å². The molecule has 0 aliphatic carbocycles. The third-order valence-electron chi connectivity index (χ3n) is 4.87. The fraction of sp³-hybridized carbons (Fsp3) is 0.286. The highest BCUT2D eigenvalue weighted by Gasteiger charge is 2.26.